The first-order valence-corrected chi connectivity index (χ1v) is 10.1. The summed E-state index contributed by atoms with van der Waals surface area (Å²) in [6.07, 6.45) is -1.88. The Balaban J connectivity index is 1.65. The largest absolute Gasteiger partial charge is 0.465 e. The number of nitrogens with one attached hydrogen (secondary N) is 1. The van der Waals surface area contributed by atoms with Crippen molar-refractivity contribution in [1.29, 1.82) is 0 Å². The maximum atomic E-state index is 13.6. The van der Waals surface area contributed by atoms with Gasteiger partial charge in [0, 0.05) is 31.6 Å². The summed E-state index contributed by atoms with van der Waals surface area (Å²) in [6.45, 7) is 1.44. The van der Waals surface area contributed by atoms with Gasteiger partial charge in [0.2, 0.25) is 0 Å². The van der Waals surface area contributed by atoms with E-state index in [1.807, 2.05) is 0 Å². The van der Waals surface area contributed by atoms with Crippen molar-refractivity contribution in [1.82, 2.24) is 24.4 Å². The van der Waals surface area contributed by atoms with Gasteiger partial charge in [0.25, 0.3) is 6.43 Å². The number of aromatic nitrogens is 4. The highest BCUT2D eigenvalue weighted by Gasteiger charge is 2.30. The average Bonchev–Trinajstić information content (AvgIpc) is 3.06. The first-order chi connectivity index (χ1) is 14.0. The summed E-state index contributed by atoms with van der Waals surface area (Å²) >= 11 is 1.30. The van der Waals surface area contributed by atoms with Gasteiger partial charge in [0.15, 0.2) is 11.0 Å². The molecule has 11 heteroatoms. The van der Waals surface area contributed by atoms with Crippen LogP contribution in [0.5, 0.6) is 0 Å². The average molecular weight is 420 g/mol. The quantitative estimate of drug-likeness (QED) is 0.465. The summed E-state index contributed by atoms with van der Waals surface area (Å²) in [4.78, 5) is 25.0. The monoisotopic (exact) mass is 420 g/mol. The number of amides is 1. The second-order valence-corrected chi connectivity index (χ2v) is 7.40. The third-order valence-electron chi connectivity index (χ3n) is 4.69. The van der Waals surface area contributed by atoms with Crippen molar-refractivity contribution >= 4 is 34.7 Å². The summed E-state index contributed by atoms with van der Waals surface area (Å²) in [6, 6.07) is 8.51. The molecule has 4 rings (SSSR count). The smallest absolute Gasteiger partial charge is 0.407 e. The minimum atomic E-state index is -2.76. The van der Waals surface area contributed by atoms with Gasteiger partial charge in [-0.15, -0.1) is 0 Å². The van der Waals surface area contributed by atoms with E-state index in [4.69, 9.17) is 5.11 Å². The van der Waals surface area contributed by atoms with Gasteiger partial charge in [-0.2, -0.15) is 0 Å². The van der Waals surface area contributed by atoms with Gasteiger partial charge in [0.05, 0.1) is 11.0 Å². The molecule has 0 atom stereocenters. The number of para-hydroxylation sites is 2. The molecule has 1 saturated heterocycles. The Labute approximate surface area is 169 Å². The number of carboxylic acid groups (broad SMARTS) is 1. The molecule has 0 spiro atoms. The van der Waals surface area contributed by atoms with Crippen LogP contribution in [0.2, 0.25) is 0 Å². The zero-order valence-electron chi connectivity index (χ0n) is 15.4. The second-order valence-electron chi connectivity index (χ2n) is 6.63. The number of likely N-dealkylation sites (tertiary alicyclic amines) is 1. The summed E-state index contributed by atoms with van der Waals surface area (Å²) in [5.41, 5.74) is 1.00. The van der Waals surface area contributed by atoms with E-state index in [0.29, 0.717) is 47.5 Å². The van der Waals surface area contributed by atoms with Crippen LogP contribution < -0.4 is 5.32 Å². The Bertz CT molecular complexity index is 1050. The molecule has 1 amide bonds. The van der Waals surface area contributed by atoms with Crippen LogP contribution in [0.1, 0.15) is 12.2 Å². The molecular weight excluding hydrogens is 402 g/mol. The first-order valence-electron chi connectivity index (χ1n) is 8.87. The molecule has 0 radical (unpaired) electrons. The Morgan fingerprint density at radius 1 is 1.31 bits per heavy atom. The molecule has 8 nitrogen and oxygen atoms in total. The fourth-order valence-electron chi connectivity index (χ4n) is 3.25. The maximum Gasteiger partial charge on any atom is 0.407 e. The molecule has 3 aromatic rings. The number of rotatable bonds is 6. The topological polar surface area (TPSA) is 96.2 Å². The van der Waals surface area contributed by atoms with E-state index in [9.17, 15) is 13.6 Å². The van der Waals surface area contributed by atoms with Crippen LogP contribution in [-0.4, -0.2) is 61.5 Å². The Hall–Kier alpha value is -2.95. The van der Waals surface area contributed by atoms with E-state index < -0.39 is 12.5 Å². The maximum absolute atomic E-state index is 13.6. The van der Waals surface area contributed by atoms with Gasteiger partial charge in [-0.3, -0.25) is 4.57 Å². The summed E-state index contributed by atoms with van der Waals surface area (Å²) in [7, 11) is 0. The molecule has 1 fully saturated rings. The molecule has 0 bridgehead atoms. The molecule has 29 heavy (non-hydrogen) atoms. The number of fused-ring (bicyclic) bond motifs is 1. The number of benzene rings is 1. The van der Waals surface area contributed by atoms with Gasteiger partial charge in [0.1, 0.15) is 11.6 Å². The normalized spacial score (nSPS) is 14.4. The lowest BCUT2D eigenvalue weighted by Gasteiger charge is -2.37. The summed E-state index contributed by atoms with van der Waals surface area (Å²) < 4.78 is 28.6. The van der Waals surface area contributed by atoms with Gasteiger partial charge in [-0.25, -0.2) is 28.5 Å². The number of hydrogen-bond donors (Lipinski definition) is 2. The Morgan fingerprint density at radius 3 is 2.76 bits per heavy atom. The van der Waals surface area contributed by atoms with Crippen molar-refractivity contribution < 1.29 is 18.7 Å². The molecule has 2 N–H and O–H groups in total. The van der Waals surface area contributed by atoms with E-state index >= 15 is 0 Å². The first kappa shape index (κ1) is 19.4. The standard InChI is InChI=1S/C18H18F2N6O2S/c1-29-17-23-13(21-7-10-8-25(9-10)18(27)28)6-14(24-17)26-12-5-3-2-4-11(12)22-16(26)15(19)20/h2-6,10,15H,7-9H2,1H3,(H,27,28)(H,21,23,24). The Morgan fingerprint density at radius 2 is 2.07 bits per heavy atom. The van der Waals surface area contributed by atoms with E-state index in [-0.39, 0.29) is 11.7 Å². The molecule has 3 heterocycles. The van der Waals surface area contributed by atoms with E-state index in [1.54, 1.807) is 36.6 Å². The lowest BCUT2D eigenvalue weighted by Crippen LogP contribution is -2.51. The highest BCUT2D eigenvalue weighted by Crippen LogP contribution is 2.29. The number of halogens is 2. The lowest BCUT2D eigenvalue weighted by atomic mass is 10.0. The molecule has 0 aliphatic carbocycles. The number of thioether (sulfide) groups is 1. The van der Waals surface area contributed by atoms with Crippen molar-refractivity contribution in [3.05, 3.63) is 36.2 Å². The molecule has 152 valence electrons. The predicted octanol–water partition coefficient (Wildman–Crippen LogP) is 3.50. The van der Waals surface area contributed by atoms with Crippen molar-refractivity contribution in [2.24, 2.45) is 5.92 Å². The predicted molar refractivity (Wildman–Crippen MR) is 105 cm³/mol. The van der Waals surface area contributed by atoms with Gasteiger partial charge < -0.3 is 15.3 Å². The van der Waals surface area contributed by atoms with Crippen LogP contribution in [0.15, 0.2) is 35.5 Å². The van der Waals surface area contributed by atoms with Crippen molar-refractivity contribution in [2.45, 2.75) is 11.6 Å². The Kier molecular flexibility index (Phi) is 5.22. The molecule has 0 saturated carbocycles. The summed E-state index contributed by atoms with van der Waals surface area (Å²) in [5.74, 6) is 0.592. The third kappa shape index (κ3) is 3.82. The molecule has 2 aromatic heterocycles. The SMILES string of the molecule is CSc1nc(NCC2CN(C(=O)O)C2)cc(-n2c(C(F)F)nc3ccccc32)n1. The van der Waals surface area contributed by atoms with Crippen LogP contribution in [0.4, 0.5) is 19.4 Å². The van der Waals surface area contributed by atoms with E-state index in [1.165, 1.54) is 21.2 Å². The number of imidazole rings is 1. The molecule has 1 aliphatic heterocycles. The van der Waals surface area contributed by atoms with Crippen LogP contribution in [0, 0.1) is 5.92 Å². The molecule has 1 aliphatic rings. The minimum absolute atomic E-state index is 0.174. The molecule has 0 unspecified atom stereocenters. The number of anilines is 1. The van der Waals surface area contributed by atoms with Gasteiger partial charge >= 0.3 is 6.09 Å². The van der Waals surface area contributed by atoms with Crippen LogP contribution >= 0.6 is 11.8 Å². The van der Waals surface area contributed by atoms with Crippen molar-refractivity contribution in [3.8, 4) is 5.82 Å². The fourth-order valence-corrected chi connectivity index (χ4v) is 3.62. The second kappa shape index (κ2) is 7.82. The fraction of sp³-hybridized carbons (Fsp3) is 0.333. The van der Waals surface area contributed by atoms with E-state index in [0.717, 1.165) is 0 Å². The lowest BCUT2D eigenvalue weighted by molar-refractivity contribution is 0.0864. The zero-order chi connectivity index (χ0) is 20.5. The summed E-state index contributed by atoms with van der Waals surface area (Å²) in [5, 5.41) is 12.5. The number of carbonyl (C=O) groups is 1. The van der Waals surface area contributed by atoms with Gasteiger partial charge in [-0.1, -0.05) is 23.9 Å². The van der Waals surface area contributed by atoms with Crippen LogP contribution in [0.3, 0.4) is 0 Å². The molecule has 1 aromatic carbocycles. The highest BCUT2D eigenvalue weighted by molar-refractivity contribution is 7.98. The third-order valence-corrected chi connectivity index (χ3v) is 5.23. The zero-order valence-corrected chi connectivity index (χ0v) is 16.2. The van der Waals surface area contributed by atoms with Crippen LogP contribution in [0.25, 0.3) is 16.9 Å². The minimum Gasteiger partial charge on any atom is -0.465 e. The molecular formula is C18H18F2N6O2S. The number of nitrogens with zero attached hydrogens (tertiary/aromatic N) is 5. The van der Waals surface area contributed by atoms with Gasteiger partial charge in [-0.05, 0) is 18.4 Å². The van der Waals surface area contributed by atoms with Crippen molar-refractivity contribution in [2.75, 3.05) is 31.2 Å². The van der Waals surface area contributed by atoms with Crippen molar-refractivity contribution in [3.63, 3.8) is 0 Å². The van der Waals surface area contributed by atoms with Crippen LogP contribution in [-0.2, 0) is 0 Å². The number of hydrogen-bond acceptors (Lipinski definition) is 6. The number of alkyl halides is 2. The van der Waals surface area contributed by atoms with E-state index in [2.05, 4.69) is 20.3 Å². The highest BCUT2D eigenvalue weighted by atomic mass is 32.2.